The summed E-state index contributed by atoms with van der Waals surface area (Å²) < 4.78 is 38.5. The number of alkyl halides is 4. The van der Waals surface area contributed by atoms with Crippen molar-refractivity contribution in [3.05, 3.63) is 47.0 Å². The average Bonchev–Trinajstić information content (AvgIpc) is 2.66. The number of hydrogen-bond acceptors (Lipinski definition) is 3. The first-order valence-corrected chi connectivity index (χ1v) is 9.87. The number of nitrogens with one attached hydrogen (secondary N) is 1. The molecule has 1 aliphatic heterocycles. The molecule has 1 saturated heterocycles. The molecule has 1 fully saturated rings. The van der Waals surface area contributed by atoms with Gasteiger partial charge < -0.3 is 10.3 Å². The Labute approximate surface area is 174 Å². The number of hydrogen-bond donors (Lipinski definition) is 1. The molecule has 1 amide bonds. The minimum atomic E-state index is -4.38. The van der Waals surface area contributed by atoms with Crippen molar-refractivity contribution in [1.82, 2.24) is 9.80 Å². The van der Waals surface area contributed by atoms with Crippen LogP contribution < -0.4 is 0 Å². The third-order valence-corrected chi connectivity index (χ3v) is 5.52. The third-order valence-electron chi connectivity index (χ3n) is 5.15. The molecule has 8 heteroatoms. The summed E-state index contributed by atoms with van der Waals surface area (Å²) in [6, 6.07) is 5.00. The molecule has 2 unspecified atom stereocenters. The minimum absolute atomic E-state index is 0.0120. The zero-order valence-electron chi connectivity index (χ0n) is 16.9. The van der Waals surface area contributed by atoms with Gasteiger partial charge in [-0.25, -0.2) is 0 Å². The van der Waals surface area contributed by atoms with Crippen LogP contribution in [-0.2, 0) is 15.8 Å². The number of amides is 1. The Bertz CT molecular complexity index is 747. The van der Waals surface area contributed by atoms with E-state index in [1.54, 1.807) is 4.90 Å². The summed E-state index contributed by atoms with van der Waals surface area (Å²) in [5, 5.41) is 7.11. The number of rotatable bonds is 6. The molecule has 1 N–H and O–H groups in total. The Kier molecular flexibility index (Phi) is 7.51. The molecule has 0 aromatic heterocycles. The van der Waals surface area contributed by atoms with E-state index in [2.05, 4.69) is 11.0 Å². The van der Waals surface area contributed by atoms with E-state index < -0.39 is 16.6 Å². The zero-order chi connectivity index (χ0) is 21.8. The largest absolute Gasteiger partial charge is 0.416 e. The standard InChI is InChI=1S/C21H27ClF3N3O/c1-15(2)12-18(27-8-10-28(11-9-27)19(29)14-26)13-20(3,22)16-4-6-17(7-5-16)21(23,24)25/h4-7,12,14,18,26H,8-11,13H2,1-3H3. The number of carbonyl (C=O) groups is 1. The lowest BCUT2D eigenvalue weighted by Gasteiger charge is -2.40. The Morgan fingerprint density at radius 1 is 1.14 bits per heavy atom. The van der Waals surface area contributed by atoms with Gasteiger partial charge in [-0.1, -0.05) is 23.8 Å². The van der Waals surface area contributed by atoms with Crippen LogP contribution >= 0.6 is 11.6 Å². The Balaban J connectivity index is 2.16. The van der Waals surface area contributed by atoms with Crippen molar-refractivity contribution < 1.29 is 18.0 Å². The van der Waals surface area contributed by atoms with Crippen molar-refractivity contribution in [2.75, 3.05) is 26.2 Å². The van der Waals surface area contributed by atoms with Gasteiger partial charge in [-0.2, -0.15) is 13.2 Å². The molecular weight excluding hydrogens is 403 g/mol. The first-order valence-electron chi connectivity index (χ1n) is 9.49. The van der Waals surface area contributed by atoms with Crippen LogP contribution in [0.3, 0.4) is 0 Å². The summed E-state index contributed by atoms with van der Waals surface area (Å²) in [4.78, 5) is 14.7. The van der Waals surface area contributed by atoms with Gasteiger partial charge in [0, 0.05) is 32.2 Å². The van der Waals surface area contributed by atoms with Crippen LogP contribution in [0.2, 0.25) is 0 Å². The topological polar surface area (TPSA) is 47.4 Å². The third kappa shape index (κ3) is 6.31. The van der Waals surface area contributed by atoms with Crippen LogP contribution in [0.1, 0.15) is 38.3 Å². The van der Waals surface area contributed by atoms with E-state index in [1.165, 1.54) is 12.1 Å². The highest BCUT2D eigenvalue weighted by Crippen LogP contribution is 2.37. The van der Waals surface area contributed by atoms with Gasteiger partial charge in [0.25, 0.3) is 5.91 Å². The molecule has 0 saturated carbocycles. The second kappa shape index (κ2) is 9.30. The fourth-order valence-electron chi connectivity index (χ4n) is 3.56. The molecule has 1 heterocycles. The Hall–Kier alpha value is -1.86. The maximum atomic E-state index is 12.8. The van der Waals surface area contributed by atoms with Gasteiger partial charge >= 0.3 is 6.18 Å². The summed E-state index contributed by atoms with van der Waals surface area (Å²) in [6.07, 6.45) is -0.925. The molecule has 2 atom stereocenters. The summed E-state index contributed by atoms with van der Waals surface area (Å²) in [6.45, 7) is 8.15. The van der Waals surface area contributed by atoms with Gasteiger partial charge in [-0.15, -0.1) is 11.6 Å². The fourth-order valence-corrected chi connectivity index (χ4v) is 3.84. The fraction of sp³-hybridized carbons (Fsp3) is 0.524. The summed E-state index contributed by atoms with van der Waals surface area (Å²) in [5.74, 6) is -0.296. The SMILES string of the molecule is CC(C)=CC(CC(C)(Cl)c1ccc(C(F)(F)F)cc1)N1CCN(C(=O)C=N)CC1. The molecule has 160 valence electrons. The number of carbonyl (C=O) groups excluding carboxylic acids is 1. The van der Waals surface area contributed by atoms with Gasteiger partial charge in [0.1, 0.15) is 0 Å². The molecule has 1 aromatic carbocycles. The van der Waals surface area contributed by atoms with Crippen molar-refractivity contribution >= 4 is 23.7 Å². The monoisotopic (exact) mass is 429 g/mol. The first-order chi connectivity index (χ1) is 13.4. The highest BCUT2D eigenvalue weighted by molar-refractivity contribution is 6.24. The number of piperazine rings is 1. The van der Waals surface area contributed by atoms with E-state index in [1.807, 2.05) is 20.8 Å². The zero-order valence-corrected chi connectivity index (χ0v) is 17.6. The quantitative estimate of drug-likeness (QED) is 0.405. The Morgan fingerprint density at radius 3 is 2.10 bits per heavy atom. The van der Waals surface area contributed by atoms with Gasteiger partial charge in [0.2, 0.25) is 0 Å². The van der Waals surface area contributed by atoms with Gasteiger partial charge in [-0.3, -0.25) is 9.69 Å². The van der Waals surface area contributed by atoms with Gasteiger partial charge in [-0.05, 0) is 44.9 Å². The molecule has 1 aliphatic rings. The van der Waals surface area contributed by atoms with E-state index in [0.717, 1.165) is 23.9 Å². The van der Waals surface area contributed by atoms with Crippen molar-refractivity contribution in [3.63, 3.8) is 0 Å². The van der Waals surface area contributed by atoms with E-state index >= 15 is 0 Å². The van der Waals surface area contributed by atoms with Crippen LogP contribution in [0.4, 0.5) is 13.2 Å². The molecule has 0 spiro atoms. The van der Waals surface area contributed by atoms with Gasteiger partial charge in [0.05, 0.1) is 16.7 Å². The van der Waals surface area contributed by atoms with Crippen LogP contribution in [-0.4, -0.2) is 54.1 Å². The first kappa shape index (κ1) is 23.4. The van der Waals surface area contributed by atoms with E-state index in [0.29, 0.717) is 38.2 Å². The second-order valence-corrected chi connectivity index (χ2v) is 8.63. The molecule has 1 aromatic rings. The van der Waals surface area contributed by atoms with Crippen LogP contribution in [0.5, 0.6) is 0 Å². The predicted molar refractivity (Wildman–Crippen MR) is 109 cm³/mol. The number of benzene rings is 1. The lowest BCUT2D eigenvalue weighted by atomic mass is 9.90. The van der Waals surface area contributed by atoms with Crippen LogP contribution in [0.15, 0.2) is 35.9 Å². The van der Waals surface area contributed by atoms with E-state index in [-0.39, 0.29) is 11.9 Å². The number of allylic oxidation sites excluding steroid dienone is 1. The van der Waals surface area contributed by atoms with E-state index in [4.69, 9.17) is 17.0 Å². The second-order valence-electron chi connectivity index (χ2n) is 7.79. The minimum Gasteiger partial charge on any atom is -0.335 e. The maximum absolute atomic E-state index is 12.8. The van der Waals surface area contributed by atoms with Crippen LogP contribution in [0.25, 0.3) is 0 Å². The van der Waals surface area contributed by atoms with Crippen molar-refractivity contribution in [2.24, 2.45) is 0 Å². The normalized spacial score (nSPS) is 18.7. The lowest BCUT2D eigenvalue weighted by molar-refractivity contribution is -0.137. The number of halogens is 4. The predicted octanol–water partition coefficient (Wildman–Crippen LogP) is 4.68. The summed E-state index contributed by atoms with van der Waals surface area (Å²) in [5.41, 5.74) is 1.06. The molecule has 2 rings (SSSR count). The van der Waals surface area contributed by atoms with Crippen LogP contribution in [0, 0.1) is 5.41 Å². The summed E-state index contributed by atoms with van der Waals surface area (Å²) >= 11 is 6.80. The lowest BCUT2D eigenvalue weighted by Crippen LogP contribution is -2.52. The molecular formula is C21H27ClF3N3O. The smallest absolute Gasteiger partial charge is 0.335 e. The highest BCUT2D eigenvalue weighted by Gasteiger charge is 2.34. The molecule has 0 bridgehead atoms. The average molecular weight is 430 g/mol. The molecule has 4 nitrogen and oxygen atoms in total. The molecule has 0 aliphatic carbocycles. The van der Waals surface area contributed by atoms with Gasteiger partial charge in [0.15, 0.2) is 0 Å². The van der Waals surface area contributed by atoms with Crippen molar-refractivity contribution in [2.45, 2.75) is 44.3 Å². The van der Waals surface area contributed by atoms with Crippen molar-refractivity contribution in [3.8, 4) is 0 Å². The number of nitrogens with zero attached hydrogens (tertiary/aromatic N) is 2. The summed E-state index contributed by atoms with van der Waals surface area (Å²) in [7, 11) is 0. The molecule has 0 radical (unpaired) electrons. The maximum Gasteiger partial charge on any atom is 0.416 e. The highest BCUT2D eigenvalue weighted by atomic mass is 35.5. The molecule has 29 heavy (non-hydrogen) atoms. The Morgan fingerprint density at radius 2 is 1.66 bits per heavy atom. The van der Waals surface area contributed by atoms with E-state index in [9.17, 15) is 18.0 Å². The van der Waals surface area contributed by atoms with Crippen molar-refractivity contribution in [1.29, 1.82) is 5.41 Å².